The third-order valence-electron chi connectivity index (χ3n) is 4.31. The van der Waals surface area contributed by atoms with Crippen molar-refractivity contribution in [3.05, 3.63) is 35.0 Å². The van der Waals surface area contributed by atoms with E-state index >= 15 is 0 Å². The van der Waals surface area contributed by atoms with Crippen LogP contribution in [0.1, 0.15) is 43.5 Å². The molecule has 3 heteroatoms. The summed E-state index contributed by atoms with van der Waals surface area (Å²) < 4.78 is 14.4. The molecule has 1 aliphatic rings. The predicted molar refractivity (Wildman–Crippen MR) is 79.8 cm³/mol. The molecule has 0 bridgehead atoms. The van der Waals surface area contributed by atoms with Gasteiger partial charge in [0.1, 0.15) is 5.82 Å². The van der Waals surface area contributed by atoms with Gasteiger partial charge in [0.25, 0.3) is 0 Å². The summed E-state index contributed by atoms with van der Waals surface area (Å²) in [7, 11) is 0. The summed E-state index contributed by atoms with van der Waals surface area (Å²) in [6, 6.07) is 7.17. The first kappa shape index (κ1) is 13.1. The number of thiophene rings is 1. The van der Waals surface area contributed by atoms with Crippen molar-refractivity contribution < 1.29 is 4.39 Å². The Morgan fingerprint density at radius 1 is 1.32 bits per heavy atom. The van der Waals surface area contributed by atoms with Crippen molar-refractivity contribution in [3.8, 4) is 0 Å². The molecule has 1 aromatic carbocycles. The third kappa shape index (κ3) is 2.67. The van der Waals surface area contributed by atoms with Gasteiger partial charge in [-0.3, -0.25) is 0 Å². The molecule has 1 fully saturated rings. The second kappa shape index (κ2) is 5.22. The largest absolute Gasteiger partial charge is 0.323 e. The highest BCUT2D eigenvalue weighted by molar-refractivity contribution is 7.19. The van der Waals surface area contributed by atoms with Crippen molar-refractivity contribution in [2.24, 2.45) is 17.6 Å². The van der Waals surface area contributed by atoms with Crippen LogP contribution in [-0.2, 0) is 0 Å². The van der Waals surface area contributed by atoms with Crippen LogP contribution < -0.4 is 5.73 Å². The Labute approximate surface area is 117 Å². The number of hydrogen-bond acceptors (Lipinski definition) is 2. The lowest BCUT2D eigenvalue weighted by molar-refractivity contribution is 0.249. The molecule has 1 aromatic heterocycles. The standard InChI is InChI=1S/C16H20FNS/c1-10-3-2-4-11(7-10)16(18)15-9-12-8-13(17)5-6-14(12)19-15/h5-6,8-11,16H,2-4,7,18H2,1H3. The van der Waals surface area contributed by atoms with Crippen LogP contribution in [0.15, 0.2) is 24.3 Å². The van der Waals surface area contributed by atoms with E-state index in [0.29, 0.717) is 5.92 Å². The zero-order chi connectivity index (χ0) is 13.4. The van der Waals surface area contributed by atoms with Gasteiger partial charge in [0.2, 0.25) is 0 Å². The molecule has 0 amide bonds. The van der Waals surface area contributed by atoms with E-state index in [1.165, 1.54) is 36.6 Å². The molecule has 102 valence electrons. The first-order chi connectivity index (χ1) is 9.13. The monoisotopic (exact) mass is 277 g/mol. The van der Waals surface area contributed by atoms with Gasteiger partial charge in [-0.1, -0.05) is 19.8 Å². The van der Waals surface area contributed by atoms with Crippen molar-refractivity contribution >= 4 is 21.4 Å². The van der Waals surface area contributed by atoms with Gasteiger partial charge in [-0.2, -0.15) is 0 Å². The number of rotatable bonds is 2. The number of halogens is 1. The maximum absolute atomic E-state index is 13.2. The lowest BCUT2D eigenvalue weighted by atomic mass is 9.78. The molecule has 0 radical (unpaired) electrons. The average molecular weight is 277 g/mol. The van der Waals surface area contributed by atoms with Gasteiger partial charge in [0, 0.05) is 15.6 Å². The summed E-state index contributed by atoms with van der Waals surface area (Å²) in [5.74, 6) is 1.20. The average Bonchev–Trinajstić information content (AvgIpc) is 2.80. The molecule has 0 saturated heterocycles. The summed E-state index contributed by atoms with van der Waals surface area (Å²) in [6.07, 6.45) is 5.08. The first-order valence-corrected chi connectivity index (χ1v) is 7.89. The molecule has 2 N–H and O–H groups in total. The number of hydrogen-bond donors (Lipinski definition) is 1. The predicted octanol–water partition coefficient (Wildman–Crippen LogP) is 4.87. The summed E-state index contributed by atoms with van der Waals surface area (Å²) in [5.41, 5.74) is 6.45. The molecule has 19 heavy (non-hydrogen) atoms. The first-order valence-electron chi connectivity index (χ1n) is 7.08. The number of fused-ring (bicyclic) bond motifs is 1. The Balaban J connectivity index is 1.86. The fourth-order valence-electron chi connectivity index (χ4n) is 3.24. The third-order valence-corrected chi connectivity index (χ3v) is 5.53. The molecule has 1 heterocycles. The van der Waals surface area contributed by atoms with E-state index in [4.69, 9.17) is 5.73 Å². The lowest BCUT2D eigenvalue weighted by Gasteiger charge is -2.30. The molecule has 3 atom stereocenters. The Bertz CT molecular complexity index is 577. The van der Waals surface area contributed by atoms with Gasteiger partial charge >= 0.3 is 0 Å². The highest BCUT2D eigenvalue weighted by Gasteiger charge is 2.26. The van der Waals surface area contributed by atoms with Crippen molar-refractivity contribution in [1.29, 1.82) is 0 Å². The summed E-state index contributed by atoms with van der Waals surface area (Å²) >= 11 is 1.72. The molecule has 1 saturated carbocycles. The van der Waals surface area contributed by atoms with Gasteiger partial charge < -0.3 is 5.73 Å². The molecule has 0 aliphatic heterocycles. The molecular formula is C16H20FNS. The Morgan fingerprint density at radius 2 is 2.16 bits per heavy atom. The number of benzene rings is 1. The number of nitrogens with two attached hydrogens (primary N) is 1. The van der Waals surface area contributed by atoms with E-state index < -0.39 is 0 Å². The van der Waals surface area contributed by atoms with Gasteiger partial charge in [-0.15, -0.1) is 11.3 Å². The van der Waals surface area contributed by atoms with Crippen molar-refractivity contribution in [1.82, 2.24) is 0 Å². The maximum Gasteiger partial charge on any atom is 0.123 e. The SMILES string of the molecule is CC1CCCC(C(N)c2cc3cc(F)ccc3s2)C1. The second-order valence-corrected chi connectivity index (χ2v) is 7.00. The second-order valence-electron chi connectivity index (χ2n) is 5.89. The quantitative estimate of drug-likeness (QED) is 0.833. The van der Waals surface area contributed by atoms with Crippen molar-refractivity contribution in [3.63, 3.8) is 0 Å². The van der Waals surface area contributed by atoms with Gasteiger partial charge in [0.05, 0.1) is 0 Å². The highest BCUT2D eigenvalue weighted by Crippen LogP contribution is 2.39. The van der Waals surface area contributed by atoms with Gasteiger partial charge in [0.15, 0.2) is 0 Å². The Hall–Kier alpha value is -0.930. The van der Waals surface area contributed by atoms with E-state index in [0.717, 1.165) is 16.0 Å². The maximum atomic E-state index is 13.2. The fraction of sp³-hybridized carbons (Fsp3) is 0.500. The topological polar surface area (TPSA) is 26.0 Å². The smallest absolute Gasteiger partial charge is 0.123 e. The Kier molecular flexibility index (Phi) is 3.59. The van der Waals surface area contributed by atoms with Crippen LogP contribution >= 0.6 is 11.3 Å². The molecule has 3 unspecified atom stereocenters. The zero-order valence-corrected chi connectivity index (χ0v) is 12.0. The molecule has 0 spiro atoms. The zero-order valence-electron chi connectivity index (χ0n) is 11.2. The van der Waals surface area contributed by atoms with E-state index in [1.807, 2.05) is 6.07 Å². The van der Waals surface area contributed by atoms with Gasteiger partial charge in [-0.25, -0.2) is 4.39 Å². The van der Waals surface area contributed by atoms with Crippen LogP contribution in [0.2, 0.25) is 0 Å². The molecule has 2 aromatic rings. The summed E-state index contributed by atoms with van der Waals surface area (Å²) in [6.45, 7) is 2.32. The van der Waals surface area contributed by atoms with Crippen LogP contribution in [0.4, 0.5) is 4.39 Å². The fourth-order valence-corrected chi connectivity index (χ4v) is 4.38. The van der Waals surface area contributed by atoms with E-state index in [-0.39, 0.29) is 11.9 Å². The van der Waals surface area contributed by atoms with Crippen LogP contribution in [0.25, 0.3) is 10.1 Å². The van der Waals surface area contributed by atoms with Crippen molar-refractivity contribution in [2.45, 2.75) is 38.6 Å². The van der Waals surface area contributed by atoms with E-state index in [9.17, 15) is 4.39 Å². The van der Waals surface area contributed by atoms with Gasteiger partial charge in [-0.05, 0) is 54.3 Å². The molecule has 3 rings (SSSR count). The molecular weight excluding hydrogens is 257 g/mol. The van der Waals surface area contributed by atoms with E-state index in [1.54, 1.807) is 17.4 Å². The normalized spacial score (nSPS) is 25.6. The van der Waals surface area contributed by atoms with Crippen LogP contribution in [-0.4, -0.2) is 0 Å². The Morgan fingerprint density at radius 3 is 2.95 bits per heavy atom. The summed E-state index contributed by atoms with van der Waals surface area (Å²) in [5, 5.41) is 0.985. The molecule has 1 nitrogen and oxygen atoms in total. The summed E-state index contributed by atoms with van der Waals surface area (Å²) in [4.78, 5) is 1.21. The minimum Gasteiger partial charge on any atom is -0.323 e. The van der Waals surface area contributed by atoms with Crippen LogP contribution in [0, 0.1) is 17.7 Å². The van der Waals surface area contributed by atoms with Crippen LogP contribution in [0.3, 0.4) is 0 Å². The minimum atomic E-state index is -0.170. The molecule has 1 aliphatic carbocycles. The highest BCUT2D eigenvalue weighted by atomic mass is 32.1. The van der Waals surface area contributed by atoms with Crippen LogP contribution in [0.5, 0.6) is 0 Å². The lowest BCUT2D eigenvalue weighted by Crippen LogP contribution is -2.25. The minimum absolute atomic E-state index is 0.114. The van der Waals surface area contributed by atoms with Crippen molar-refractivity contribution in [2.75, 3.05) is 0 Å². The van der Waals surface area contributed by atoms with E-state index in [2.05, 4.69) is 13.0 Å².